The molecule has 170 valence electrons. The van der Waals surface area contributed by atoms with Gasteiger partial charge in [0.2, 0.25) is 0 Å². The van der Waals surface area contributed by atoms with Gasteiger partial charge >= 0.3 is 0 Å². The van der Waals surface area contributed by atoms with E-state index in [0.717, 1.165) is 35.2 Å². The molecule has 1 saturated carbocycles. The van der Waals surface area contributed by atoms with Crippen LogP contribution in [-0.4, -0.2) is 45.1 Å². The summed E-state index contributed by atoms with van der Waals surface area (Å²) in [6.45, 7) is 15.6. The van der Waals surface area contributed by atoms with E-state index in [1.54, 1.807) is 18.9 Å². The van der Waals surface area contributed by atoms with E-state index in [4.69, 9.17) is 11.6 Å². The number of hydrogen-bond acceptors (Lipinski definition) is 5. The summed E-state index contributed by atoms with van der Waals surface area (Å²) in [5.41, 5.74) is 4.23. The van der Waals surface area contributed by atoms with Crippen molar-refractivity contribution in [1.82, 2.24) is 10.3 Å². The molecular weight excluding hydrogens is 424 g/mol. The van der Waals surface area contributed by atoms with Crippen molar-refractivity contribution in [2.24, 2.45) is 10.1 Å². The number of hydrazone groups is 1. The van der Waals surface area contributed by atoms with Crippen molar-refractivity contribution in [3.63, 3.8) is 0 Å². The van der Waals surface area contributed by atoms with Gasteiger partial charge in [0.1, 0.15) is 5.17 Å². The average Bonchev–Trinajstić information content (AvgIpc) is 3.49. The molecule has 1 heterocycles. The van der Waals surface area contributed by atoms with Gasteiger partial charge in [-0.15, -0.1) is 0 Å². The summed E-state index contributed by atoms with van der Waals surface area (Å²) in [4.78, 5) is 17.1. The number of nitrogens with one attached hydrogen (secondary N) is 1. The Morgan fingerprint density at radius 1 is 1.44 bits per heavy atom. The van der Waals surface area contributed by atoms with Gasteiger partial charge in [0.25, 0.3) is 5.91 Å². The molecule has 7 heteroatoms. The van der Waals surface area contributed by atoms with E-state index in [0.29, 0.717) is 34.6 Å². The molecule has 0 spiro atoms. The predicted octanol–water partition coefficient (Wildman–Crippen LogP) is 4.79. The van der Waals surface area contributed by atoms with Crippen molar-refractivity contribution >= 4 is 34.1 Å². The van der Waals surface area contributed by atoms with Crippen LogP contribution in [0.5, 0.6) is 0 Å². The van der Waals surface area contributed by atoms with Gasteiger partial charge in [-0.05, 0) is 64.3 Å². The van der Waals surface area contributed by atoms with Gasteiger partial charge in [-0.3, -0.25) is 9.79 Å². The Morgan fingerprint density at radius 3 is 2.69 bits per heavy atom. The summed E-state index contributed by atoms with van der Waals surface area (Å²) in [7, 11) is 0. The molecule has 1 aliphatic carbocycles. The Kier molecular flexibility index (Phi) is 7.06. The topological polar surface area (TPSA) is 77.3 Å². The van der Waals surface area contributed by atoms with Crippen molar-refractivity contribution in [3.8, 4) is 0 Å². The molecule has 2 N–H and O–H groups in total. The number of carbonyl (C=O) groups excluding carboxylic acids is 1. The van der Waals surface area contributed by atoms with E-state index in [2.05, 4.69) is 28.6 Å². The van der Waals surface area contributed by atoms with Crippen molar-refractivity contribution in [2.75, 3.05) is 6.54 Å². The Labute approximate surface area is 195 Å². The molecule has 1 aromatic rings. The fraction of sp³-hybridized carbons (Fsp3) is 0.400. The average molecular weight is 455 g/mol. The quantitative estimate of drug-likeness (QED) is 0.581. The molecule has 1 aromatic carbocycles. The summed E-state index contributed by atoms with van der Waals surface area (Å²) < 4.78 is 0. The molecular formula is C25H31ClN4O2. The molecule has 0 bridgehead atoms. The first-order chi connectivity index (χ1) is 14.9. The lowest BCUT2D eigenvalue weighted by Crippen LogP contribution is -2.30. The Hall–Kier alpha value is -2.70. The third-order valence-corrected chi connectivity index (χ3v) is 5.27. The maximum absolute atomic E-state index is 12.5. The first kappa shape index (κ1) is 24.0. The highest BCUT2D eigenvalue weighted by Gasteiger charge is 2.27. The number of hydrogen-bond donors (Lipinski definition) is 2. The second-order valence-corrected chi connectivity index (χ2v) is 9.58. The van der Waals surface area contributed by atoms with E-state index in [1.807, 2.05) is 38.1 Å². The SMILES string of the molecule is C=C(C)C=C(c1ccc(C(=O)NC2CC2)c(C)c1)N1N=C(Cl)CC(=NCC(C)(C)O)C1=C. The molecule has 0 aromatic heterocycles. The minimum absolute atomic E-state index is 0.0496. The van der Waals surface area contributed by atoms with Crippen LogP contribution in [0.2, 0.25) is 0 Å². The number of aryl methyl sites for hydroxylation is 1. The van der Waals surface area contributed by atoms with Crippen molar-refractivity contribution in [1.29, 1.82) is 0 Å². The first-order valence-electron chi connectivity index (χ1n) is 10.7. The number of halogens is 1. The van der Waals surface area contributed by atoms with Gasteiger partial charge in [0.05, 0.1) is 29.3 Å². The van der Waals surface area contributed by atoms with Gasteiger partial charge in [0, 0.05) is 23.6 Å². The number of allylic oxidation sites excluding steroid dienone is 3. The monoisotopic (exact) mass is 454 g/mol. The third-order valence-electron chi connectivity index (χ3n) is 5.06. The van der Waals surface area contributed by atoms with Gasteiger partial charge in [0.15, 0.2) is 0 Å². The molecule has 0 saturated heterocycles. The molecule has 1 fully saturated rings. The largest absolute Gasteiger partial charge is 0.389 e. The number of nitrogens with zero attached hydrogens (tertiary/aromatic N) is 3. The van der Waals surface area contributed by atoms with Crippen LogP contribution < -0.4 is 5.32 Å². The van der Waals surface area contributed by atoms with Gasteiger partial charge in [-0.2, -0.15) is 5.10 Å². The summed E-state index contributed by atoms with van der Waals surface area (Å²) in [5.74, 6) is -0.0496. The lowest BCUT2D eigenvalue weighted by atomic mass is 10.0. The molecule has 3 rings (SSSR count). The number of benzene rings is 1. The summed E-state index contributed by atoms with van der Waals surface area (Å²) in [5, 5.41) is 19.6. The van der Waals surface area contributed by atoms with E-state index in [-0.39, 0.29) is 12.5 Å². The first-order valence-corrected chi connectivity index (χ1v) is 11.1. The number of amides is 1. The van der Waals surface area contributed by atoms with Crippen LogP contribution in [0.4, 0.5) is 0 Å². The van der Waals surface area contributed by atoms with Crippen LogP contribution in [0.25, 0.3) is 5.70 Å². The van der Waals surface area contributed by atoms with Gasteiger partial charge in [-0.25, -0.2) is 5.01 Å². The lowest BCUT2D eigenvalue weighted by Gasteiger charge is -2.30. The number of rotatable bonds is 7. The Morgan fingerprint density at radius 2 is 2.12 bits per heavy atom. The number of aliphatic hydroxyl groups is 1. The van der Waals surface area contributed by atoms with Crippen LogP contribution in [0, 0.1) is 6.92 Å². The van der Waals surface area contributed by atoms with Crippen molar-refractivity contribution in [2.45, 2.75) is 58.6 Å². The second kappa shape index (κ2) is 9.43. The minimum atomic E-state index is -0.941. The normalized spacial score (nSPS) is 18.6. The molecule has 6 nitrogen and oxygen atoms in total. The molecule has 0 unspecified atom stereocenters. The third kappa shape index (κ3) is 6.17. The van der Waals surface area contributed by atoms with E-state index in [1.165, 1.54) is 0 Å². The van der Waals surface area contributed by atoms with Crippen LogP contribution >= 0.6 is 11.6 Å². The molecule has 1 aliphatic heterocycles. The lowest BCUT2D eigenvalue weighted by molar-refractivity contribution is 0.0903. The number of carbonyl (C=O) groups is 1. The van der Waals surface area contributed by atoms with E-state index >= 15 is 0 Å². The minimum Gasteiger partial charge on any atom is -0.389 e. The van der Waals surface area contributed by atoms with Gasteiger partial charge < -0.3 is 10.4 Å². The number of aliphatic imine (C=N–C) groups is 1. The fourth-order valence-corrected chi connectivity index (χ4v) is 3.47. The van der Waals surface area contributed by atoms with Crippen LogP contribution in [-0.2, 0) is 0 Å². The summed E-state index contributed by atoms with van der Waals surface area (Å²) in [6.07, 6.45) is 4.34. The maximum Gasteiger partial charge on any atom is 0.251 e. The highest BCUT2D eigenvalue weighted by Crippen LogP contribution is 2.31. The van der Waals surface area contributed by atoms with Crippen molar-refractivity contribution < 1.29 is 9.90 Å². The Bertz CT molecular complexity index is 1040. The highest BCUT2D eigenvalue weighted by atomic mass is 35.5. The second-order valence-electron chi connectivity index (χ2n) is 9.14. The van der Waals surface area contributed by atoms with E-state index < -0.39 is 5.60 Å². The maximum atomic E-state index is 12.5. The highest BCUT2D eigenvalue weighted by molar-refractivity contribution is 6.67. The molecule has 2 aliphatic rings. The van der Waals surface area contributed by atoms with Crippen LogP contribution in [0.3, 0.4) is 0 Å². The zero-order valence-electron chi connectivity index (χ0n) is 19.2. The standard InChI is InChI=1S/C25H31ClN4O2/c1-15(2)11-22(18-7-10-20(16(3)12-18)24(31)28-19-8-9-19)30-17(4)21(13-23(26)29-30)27-14-25(5,6)32/h7,10-12,19,32H,1,4,8-9,13-14H2,2-3,5-6H3,(H,28,31). The Balaban J connectivity index is 1.96. The molecule has 0 radical (unpaired) electrons. The van der Waals surface area contributed by atoms with E-state index in [9.17, 15) is 9.90 Å². The molecule has 1 amide bonds. The van der Waals surface area contributed by atoms with Crippen molar-refractivity contribution in [3.05, 3.63) is 65.4 Å². The predicted molar refractivity (Wildman–Crippen MR) is 132 cm³/mol. The fourth-order valence-electron chi connectivity index (χ4n) is 3.27. The summed E-state index contributed by atoms with van der Waals surface area (Å²) >= 11 is 6.36. The molecule has 0 atom stereocenters. The summed E-state index contributed by atoms with van der Waals surface area (Å²) in [6, 6.07) is 5.98. The van der Waals surface area contributed by atoms with Gasteiger partial charge in [-0.1, -0.05) is 36.4 Å². The smallest absolute Gasteiger partial charge is 0.251 e. The zero-order chi connectivity index (χ0) is 23.6. The zero-order valence-corrected chi connectivity index (χ0v) is 20.0. The molecule has 32 heavy (non-hydrogen) atoms. The van der Waals surface area contributed by atoms with Crippen LogP contribution in [0.1, 0.15) is 61.5 Å². The van der Waals surface area contributed by atoms with Crippen LogP contribution in [0.15, 0.2) is 58.8 Å².